The number of hydrogen-bond acceptors (Lipinski definition) is 4. The van der Waals surface area contributed by atoms with E-state index in [1.807, 2.05) is 24.9 Å². The molecule has 5 nitrogen and oxygen atoms in total. The van der Waals surface area contributed by atoms with Crippen LogP contribution in [0.3, 0.4) is 0 Å². The molecule has 0 bridgehead atoms. The third-order valence-corrected chi connectivity index (χ3v) is 3.31. The molecule has 0 atom stereocenters. The summed E-state index contributed by atoms with van der Waals surface area (Å²) in [6, 6.07) is 0. The van der Waals surface area contributed by atoms with Gasteiger partial charge in [0.2, 0.25) is 0 Å². The van der Waals surface area contributed by atoms with E-state index < -0.39 is 0 Å². The molecule has 1 saturated heterocycles. The van der Waals surface area contributed by atoms with E-state index >= 15 is 0 Å². The topological polar surface area (TPSA) is 46.8 Å². The van der Waals surface area contributed by atoms with Crippen molar-refractivity contribution in [3.05, 3.63) is 12.2 Å². The zero-order valence-corrected chi connectivity index (χ0v) is 10.3. The molecule has 0 aliphatic carbocycles. The number of anilines is 1. The van der Waals surface area contributed by atoms with Crippen LogP contribution >= 0.6 is 0 Å². The maximum absolute atomic E-state index is 4.58. The largest absolute Gasteiger partial charge is 0.355 e. The Labute approximate surface area is 100 Å². The normalized spacial score (nSPS) is 16.7. The fourth-order valence-corrected chi connectivity index (χ4v) is 2.42. The third-order valence-electron chi connectivity index (χ3n) is 3.31. The van der Waals surface area contributed by atoms with E-state index in [1.165, 1.54) is 19.3 Å². The molecule has 2 aromatic heterocycles. The van der Waals surface area contributed by atoms with Crippen LogP contribution in [0.2, 0.25) is 0 Å². The standard InChI is InChI=1S/C12H17N5/c1-9-14-11-10(13-8-16(11)2)12(15-9)17-6-4-3-5-7-17/h8H,3-7H2,1-2H3. The second-order valence-electron chi connectivity index (χ2n) is 4.67. The molecule has 3 rings (SSSR count). The van der Waals surface area contributed by atoms with Gasteiger partial charge in [0.1, 0.15) is 5.82 Å². The molecule has 2 aromatic rings. The molecule has 0 N–H and O–H groups in total. The second kappa shape index (κ2) is 3.98. The lowest BCUT2D eigenvalue weighted by Gasteiger charge is -2.27. The van der Waals surface area contributed by atoms with Crippen LogP contribution in [0, 0.1) is 6.92 Å². The van der Waals surface area contributed by atoms with E-state index in [9.17, 15) is 0 Å². The first-order valence-electron chi connectivity index (χ1n) is 6.16. The summed E-state index contributed by atoms with van der Waals surface area (Å²) in [6.07, 6.45) is 5.63. The molecular weight excluding hydrogens is 214 g/mol. The van der Waals surface area contributed by atoms with Crippen molar-refractivity contribution in [2.75, 3.05) is 18.0 Å². The van der Waals surface area contributed by atoms with Gasteiger partial charge in [0, 0.05) is 20.1 Å². The van der Waals surface area contributed by atoms with Crippen LogP contribution in [0.1, 0.15) is 25.1 Å². The minimum Gasteiger partial charge on any atom is -0.355 e. The van der Waals surface area contributed by atoms with Gasteiger partial charge in [-0.25, -0.2) is 15.0 Å². The van der Waals surface area contributed by atoms with Crippen molar-refractivity contribution in [2.45, 2.75) is 26.2 Å². The third kappa shape index (κ3) is 1.75. The summed E-state index contributed by atoms with van der Waals surface area (Å²) in [7, 11) is 1.97. The average Bonchev–Trinajstić information content (AvgIpc) is 2.72. The molecule has 0 amide bonds. The lowest BCUT2D eigenvalue weighted by molar-refractivity contribution is 0.574. The fraction of sp³-hybridized carbons (Fsp3) is 0.583. The summed E-state index contributed by atoms with van der Waals surface area (Å²) < 4.78 is 1.96. The molecule has 17 heavy (non-hydrogen) atoms. The van der Waals surface area contributed by atoms with E-state index in [4.69, 9.17) is 0 Å². The van der Waals surface area contributed by atoms with E-state index in [1.54, 1.807) is 0 Å². The molecular formula is C12H17N5. The van der Waals surface area contributed by atoms with Crippen LogP contribution in [-0.2, 0) is 7.05 Å². The Morgan fingerprint density at radius 3 is 2.65 bits per heavy atom. The minimum absolute atomic E-state index is 0.821. The van der Waals surface area contributed by atoms with Crippen molar-refractivity contribution in [3.63, 3.8) is 0 Å². The molecule has 3 heterocycles. The highest BCUT2D eigenvalue weighted by Crippen LogP contribution is 2.24. The van der Waals surface area contributed by atoms with Crippen molar-refractivity contribution in [1.29, 1.82) is 0 Å². The number of rotatable bonds is 1. The van der Waals surface area contributed by atoms with E-state index in [2.05, 4.69) is 19.9 Å². The lowest BCUT2D eigenvalue weighted by atomic mass is 10.1. The molecule has 0 radical (unpaired) electrons. The highest BCUT2D eigenvalue weighted by atomic mass is 15.2. The van der Waals surface area contributed by atoms with Crippen molar-refractivity contribution in [3.8, 4) is 0 Å². The van der Waals surface area contributed by atoms with Crippen LogP contribution in [0.15, 0.2) is 6.33 Å². The number of fused-ring (bicyclic) bond motifs is 1. The van der Waals surface area contributed by atoms with E-state index in [0.717, 1.165) is 35.9 Å². The number of aromatic nitrogens is 4. The van der Waals surface area contributed by atoms with Gasteiger partial charge in [-0.3, -0.25) is 0 Å². The van der Waals surface area contributed by atoms with E-state index in [-0.39, 0.29) is 0 Å². The molecule has 1 fully saturated rings. The predicted octanol–water partition coefficient (Wildman–Crippen LogP) is 1.66. The van der Waals surface area contributed by atoms with Crippen molar-refractivity contribution < 1.29 is 0 Å². The van der Waals surface area contributed by atoms with Crippen LogP contribution in [-0.4, -0.2) is 32.6 Å². The summed E-state index contributed by atoms with van der Waals surface area (Å²) in [5.74, 6) is 1.83. The molecule has 1 aliphatic heterocycles. The Balaban J connectivity index is 2.13. The number of aryl methyl sites for hydroxylation is 2. The van der Waals surface area contributed by atoms with E-state index in [0.29, 0.717) is 0 Å². The molecule has 5 heteroatoms. The van der Waals surface area contributed by atoms with Gasteiger partial charge in [-0.05, 0) is 26.2 Å². The van der Waals surface area contributed by atoms with Crippen LogP contribution in [0.25, 0.3) is 11.2 Å². The Morgan fingerprint density at radius 1 is 1.12 bits per heavy atom. The van der Waals surface area contributed by atoms with Crippen molar-refractivity contribution >= 4 is 17.0 Å². The van der Waals surface area contributed by atoms with Crippen molar-refractivity contribution in [1.82, 2.24) is 19.5 Å². The van der Waals surface area contributed by atoms with Gasteiger partial charge in [0.05, 0.1) is 6.33 Å². The van der Waals surface area contributed by atoms with Gasteiger partial charge in [-0.1, -0.05) is 0 Å². The summed E-state index contributed by atoms with van der Waals surface area (Å²) in [4.78, 5) is 15.8. The van der Waals surface area contributed by atoms with Gasteiger partial charge < -0.3 is 9.47 Å². The highest BCUT2D eigenvalue weighted by molar-refractivity contribution is 5.83. The maximum Gasteiger partial charge on any atom is 0.165 e. The first-order valence-corrected chi connectivity index (χ1v) is 6.16. The summed E-state index contributed by atoms with van der Waals surface area (Å²) >= 11 is 0. The Kier molecular flexibility index (Phi) is 2.46. The maximum atomic E-state index is 4.58. The smallest absolute Gasteiger partial charge is 0.165 e. The lowest BCUT2D eigenvalue weighted by Crippen LogP contribution is -2.30. The van der Waals surface area contributed by atoms with Gasteiger partial charge in [-0.2, -0.15) is 0 Å². The van der Waals surface area contributed by atoms with Crippen LogP contribution in [0.5, 0.6) is 0 Å². The SMILES string of the molecule is Cc1nc(N2CCCCC2)c2ncn(C)c2n1. The zero-order valence-electron chi connectivity index (χ0n) is 10.3. The monoisotopic (exact) mass is 231 g/mol. The second-order valence-corrected chi connectivity index (χ2v) is 4.67. The van der Waals surface area contributed by atoms with Crippen LogP contribution < -0.4 is 4.90 Å². The zero-order chi connectivity index (χ0) is 11.8. The molecule has 0 unspecified atom stereocenters. The minimum atomic E-state index is 0.821. The summed E-state index contributed by atoms with van der Waals surface area (Å²) in [5, 5.41) is 0. The Hall–Kier alpha value is -1.65. The van der Waals surface area contributed by atoms with Crippen molar-refractivity contribution in [2.24, 2.45) is 7.05 Å². The van der Waals surface area contributed by atoms with Crippen LogP contribution in [0.4, 0.5) is 5.82 Å². The summed E-state index contributed by atoms with van der Waals surface area (Å²) in [6.45, 7) is 4.12. The van der Waals surface area contributed by atoms with Gasteiger partial charge in [0.25, 0.3) is 0 Å². The van der Waals surface area contributed by atoms with Gasteiger partial charge in [0.15, 0.2) is 17.0 Å². The first kappa shape index (κ1) is 10.5. The fourth-order valence-electron chi connectivity index (χ4n) is 2.42. The number of nitrogens with zero attached hydrogens (tertiary/aromatic N) is 5. The number of hydrogen-bond donors (Lipinski definition) is 0. The molecule has 90 valence electrons. The Morgan fingerprint density at radius 2 is 1.88 bits per heavy atom. The molecule has 0 saturated carbocycles. The molecule has 1 aliphatic rings. The summed E-state index contributed by atoms with van der Waals surface area (Å²) in [5.41, 5.74) is 1.86. The number of imidazole rings is 1. The molecule has 0 spiro atoms. The quantitative estimate of drug-likeness (QED) is 0.749. The predicted molar refractivity (Wildman–Crippen MR) is 67.1 cm³/mol. The van der Waals surface area contributed by atoms with Gasteiger partial charge in [-0.15, -0.1) is 0 Å². The number of piperidine rings is 1. The highest BCUT2D eigenvalue weighted by Gasteiger charge is 2.18. The first-order chi connectivity index (χ1) is 8.25. The Bertz CT molecular complexity index is 539. The average molecular weight is 231 g/mol. The molecule has 0 aromatic carbocycles. The van der Waals surface area contributed by atoms with Gasteiger partial charge >= 0.3 is 0 Å².